The smallest absolute Gasteiger partial charge is 0.279 e. The Morgan fingerprint density at radius 1 is 1.33 bits per heavy atom. The molecule has 0 saturated carbocycles. The quantitative estimate of drug-likeness (QED) is 0.567. The Kier molecular flexibility index (Phi) is 6.13. The van der Waals surface area contributed by atoms with Crippen molar-refractivity contribution in [3.05, 3.63) is 40.4 Å². The molecule has 0 saturated heterocycles. The van der Waals surface area contributed by atoms with Crippen LogP contribution >= 0.6 is 19.2 Å². The highest BCUT2D eigenvalue weighted by molar-refractivity contribution is 7.57. The topological polar surface area (TPSA) is 122 Å². The lowest BCUT2D eigenvalue weighted by atomic mass is 10.0. The maximum Gasteiger partial charge on any atom is 0.300 e. The molecule has 0 aliphatic heterocycles. The molecular weight excluding hydrogens is 311 g/mol. The minimum atomic E-state index is -3.63. The zero-order valence-electron chi connectivity index (χ0n) is 11.5. The molecule has 1 amide bonds. The second-order valence-corrected chi connectivity index (χ2v) is 6.47. The highest BCUT2D eigenvalue weighted by Gasteiger charge is 2.15. The van der Waals surface area contributed by atoms with Gasteiger partial charge < -0.3 is 0 Å². The van der Waals surface area contributed by atoms with Gasteiger partial charge in [0.15, 0.2) is 0 Å². The molecule has 21 heavy (non-hydrogen) atoms. The van der Waals surface area contributed by atoms with E-state index in [1.165, 1.54) is 12.1 Å². The Morgan fingerprint density at radius 3 is 2.29 bits per heavy atom. The van der Waals surface area contributed by atoms with Crippen LogP contribution in [-0.4, -0.2) is 5.91 Å². The van der Waals surface area contributed by atoms with Crippen molar-refractivity contribution in [2.24, 2.45) is 11.0 Å². The Morgan fingerprint density at radius 2 is 1.86 bits per heavy atom. The van der Waals surface area contributed by atoms with Gasteiger partial charge in [-0.2, -0.15) is 5.26 Å². The van der Waals surface area contributed by atoms with Crippen LogP contribution in [0.1, 0.15) is 35.7 Å². The summed E-state index contributed by atoms with van der Waals surface area (Å²) in [6.45, 7) is 1.96. The Bertz CT molecular complexity index is 643. The number of amides is 1. The molecule has 0 aromatic heterocycles. The first-order valence-corrected chi connectivity index (χ1v) is 8.39. The van der Waals surface area contributed by atoms with Crippen molar-refractivity contribution in [1.29, 1.82) is 5.26 Å². The second-order valence-electron chi connectivity index (χ2n) is 4.37. The standard InChI is InChI=1S/C13H16ClN4O2P/c1-2-3-12(14)11(8-15)9-4-6-10(7-5-9)13(19)18-21(16,17)20/h4-7H,2-3H2,1H3,(H5,16,17,18,19,20)/b12-11-. The number of carbonyl (C=O) groups excluding carboxylic acids is 1. The zero-order chi connectivity index (χ0) is 16.0. The molecule has 1 aromatic rings. The van der Waals surface area contributed by atoms with Crippen LogP contribution in [0.3, 0.4) is 0 Å². The van der Waals surface area contributed by atoms with Crippen LogP contribution in [0.5, 0.6) is 0 Å². The predicted octanol–water partition coefficient (Wildman–Crippen LogP) is 2.72. The predicted molar refractivity (Wildman–Crippen MR) is 83.2 cm³/mol. The summed E-state index contributed by atoms with van der Waals surface area (Å²) in [5.74, 6) is -0.642. The van der Waals surface area contributed by atoms with Gasteiger partial charge in [0, 0.05) is 10.6 Å². The molecule has 0 atom stereocenters. The lowest BCUT2D eigenvalue weighted by Crippen LogP contribution is -2.28. The van der Waals surface area contributed by atoms with Crippen molar-refractivity contribution in [1.82, 2.24) is 5.09 Å². The van der Waals surface area contributed by atoms with E-state index >= 15 is 0 Å². The summed E-state index contributed by atoms with van der Waals surface area (Å²) in [4.78, 5) is 11.7. The van der Waals surface area contributed by atoms with Crippen molar-refractivity contribution in [2.45, 2.75) is 19.8 Å². The molecular formula is C13H16ClN4O2P. The number of hydrogen-bond donors (Lipinski definition) is 3. The molecule has 0 aliphatic carbocycles. The molecule has 1 aromatic carbocycles. The van der Waals surface area contributed by atoms with E-state index in [2.05, 4.69) is 6.07 Å². The van der Waals surface area contributed by atoms with Crippen molar-refractivity contribution in [3.63, 3.8) is 0 Å². The number of rotatable bonds is 5. The van der Waals surface area contributed by atoms with E-state index < -0.39 is 13.5 Å². The number of nitrogens with one attached hydrogen (secondary N) is 1. The summed E-state index contributed by atoms with van der Waals surface area (Å²) in [7, 11) is -3.63. The van der Waals surface area contributed by atoms with E-state index in [9.17, 15) is 9.36 Å². The molecule has 0 fully saturated rings. The first-order valence-electron chi connectivity index (χ1n) is 6.17. The number of nitriles is 1. The normalized spacial score (nSPS) is 12.3. The molecule has 8 heteroatoms. The van der Waals surface area contributed by atoms with Crippen LogP contribution in [0, 0.1) is 11.3 Å². The number of nitrogens with two attached hydrogens (primary N) is 2. The molecule has 0 heterocycles. The third-order valence-electron chi connectivity index (χ3n) is 2.56. The Labute approximate surface area is 128 Å². The number of nitrogens with zero attached hydrogens (tertiary/aromatic N) is 1. The van der Waals surface area contributed by atoms with Crippen LogP contribution in [0.25, 0.3) is 5.57 Å². The molecule has 0 unspecified atom stereocenters. The minimum Gasteiger partial charge on any atom is -0.279 e. The van der Waals surface area contributed by atoms with Crippen LogP contribution in [0.4, 0.5) is 0 Å². The van der Waals surface area contributed by atoms with Gasteiger partial charge in [-0.05, 0) is 24.1 Å². The van der Waals surface area contributed by atoms with Gasteiger partial charge in [-0.1, -0.05) is 37.1 Å². The van der Waals surface area contributed by atoms with Crippen LogP contribution in [-0.2, 0) is 4.57 Å². The van der Waals surface area contributed by atoms with Crippen molar-refractivity contribution in [3.8, 4) is 6.07 Å². The maximum atomic E-state index is 11.7. The molecule has 0 radical (unpaired) electrons. The summed E-state index contributed by atoms with van der Waals surface area (Å²) < 4.78 is 11.1. The Hall–Kier alpha value is -1.64. The molecule has 112 valence electrons. The lowest BCUT2D eigenvalue weighted by Gasteiger charge is -2.09. The number of allylic oxidation sites excluding steroid dienone is 2. The molecule has 5 N–H and O–H groups in total. The van der Waals surface area contributed by atoms with Gasteiger partial charge in [-0.15, -0.1) is 0 Å². The van der Waals surface area contributed by atoms with Crippen molar-refractivity contribution in [2.75, 3.05) is 0 Å². The summed E-state index contributed by atoms with van der Waals surface area (Å²) in [6, 6.07) is 8.19. The van der Waals surface area contributed by atoms with E-state index in [1.807, 2.05) is 12.0 Å². The fraction of sp³-hybridized carbons (Fsp3) is 0.231. The van der Waals surface area contributed by atoms with E-state index in [0.29, 0.717) is 22.6 Å². The third kappa shape index (κ3) is 5.33. The number of halogens is 1. The highest BCUT2D eigenvalue weighted by atomic mass is 35.5. The number of benzene rings is 1. The molecule has 0 bridgehead atoms. The highest BCUT2D eigenvalue weighted by Crippen LogP contribution is 2.25. The fourth-order valence-electron chi connectivity index (χ4n) is 1.64. The first-order chi connectivity index (χ1) is 9.78. The average molecular weight is 327 g/mol. The molecule has 1 rings (SSSR count). The minimum absolute atomic E-state index is 0.235. The first kappa shape index (κ1) is 17.4. The Balaban J connectivity index is 3.03. The molecule has 6 nitrogen and oxygen atoms in total. The number of hydrogen-bond acceptors (Lipinski definition) is 3. The monoisotopic (exact) mass is 326 g/mol. The van der Waals surface area contributed by atoms with Gasteiger partial charge >= 0.3 is 7.59 Å². The van der Waals surface area contributed by atoms with Crippen LogP contribution < -0.4 is 16.1 Å². The van der Waals surface area contributed by atoms with Gasteiger partial charge in [-0.25, -0.2) is 0 Å². The maximum absolute atomic E-state index is 11.7. The van der Waals surface area contributed by atoms with E-state index in [1.54, 1.807) is 12.1 Å². The van der Waals surface area contributed by atoms with Crippen LogP contribution in [0.15, 0.2) is 29.3 Å². The van der Waals surface area contributed by atoms with Crippen LogP contribution in [0.2, 0.25) is 0 Å². The molecule has 0 aliphatic rings. The average Bonchev–Trinajstić information content (AvgIpc) is 2.38. The zero-order valence-corrected chi connectivity index (χ0v) is 13.1. The second kappa shape index (κ2) is 7.39. The van der Waals surface area contributed by atoms with Gasteiger partial charge in [0.2, 0.25) is 0 Å². The molecule has 0 spiro atoms. The van der Waals surface area contributed by atoms with E-state index in [4.69, 9.17) is 27.9 Å². The van der Waals surface area contributed by atoms with Crippen molar-refractivity contribution >= 4 is 30.7 Å². The van der Waals surface area contributed by atoms with E-state index in [0.717, 1.165) is 6.42 Å². The summed E-state index contributed by atoms with van der Waals surface area (Å²) in [5.41, 5.74) is 11.4. The third-order valence-corrected chi connectivity index (χ3v) is 3.50. The lowest BCUT2D eigenvalue weighted by molar-refractivity contribution is 0.0980. The van der Waals surface area contributed by atoms with E-state index in [-0.39, 0.29) is 5.56 Å². The summed E-state index contributed by atoms with van der Waals surface area (Å²) in [5, 5.41) is 11.7. The largest absolute Gasteiger partial charge is 0.300 e. The SMILES string of the molecule is CCC/C(Cl)=C(\C#N)c1ccc(C(=O)NP(N)(N)=O)cc1. The summed E-state index contributed by atoms with van der Waals surface area (Å²) in [6.07, 6.45) is 1.43. The van der Waals surface area contributed by atoms with Gasteiger partial charge in [0.1, 0.15) is 6.07 Å². The fourth-order valence-corrected chi connectivity index (χ4v) is 2.42. The number of carbonyl (C=O) groups is 1. The van der Waals surface area contributed by atoms with Crippen molar-refractivity contribution < 1.29 is 9.36 Å². The van der Waals surface area contributed by atoms with Gasteiger partial charge in [-0.3, -0.25) is 25.5 Å². The van der Waals surface area contributed by atoms with Gasteiger partial charge in [0.05, 0.1) is 5.57 Å². The van der Waals surface area contributed by atoms with Gasteiger partial charge in [0.25, 0.3) is 5.91 Å². The summed E-state index contributed by atoms with van der Waals surface area (Å²) >= 11 is 6.08.